The van der Waals surface area contributed by atoms with Gasteiger partial charge in [0, 0.05) is 6.54 Å². The highest BCUT2D eigenvalue weighted by atomic mass is 35.5. The second-order valence-electron chi connectivity index (χ2n) is 3.70. The first-order chi connectivity index (χ1) is 6.05. The van der Waals surface area contributed by atoms with Crippen LogP contribution in [0.2, 0.25) is 0 Å². The van der Waals surface area contributed by atoms with Crippen molar-refractivity contribution in [1.29, 1.82) is 0 Å². The summed E-state index contributed by atoms with van der Waals surface area (Å²) in [5, 5.41) is 0. The van der Waals surface area contributed by atoms with Crippen molar-refractivity contribution in [3.8, 4) is 0 Å². The lowest BCUT2D eigenvalue weighted by atomic mass is 10.0. The number of fused-ring (bicyclic) bond motifs is 1. The molecule has 0 amide bonds. The van der Waals surface area contributed by atoms with Crippen LogP contribution in [0.15, 0.2) is 0 Å². The third-order valence-corrected chi connectivity index (χ3v) is 3.32. The summed E-state index contributed by atoms with van der Waals surface area (Å²) in [6.45, 7) is 2.72. The molecule has 2 heterocycles. The highest BCUT2D eigenvalue weighted by Crippen LogP contribution is 2.40. The van der Waals surface area contributed by atoms with Gasteiger partial charge in [-0.1, -0.05) is 23.2 Å². The van der Waals surface area contributed by atoms with Gasteiger partial charge in [-0.25, -0.2) is 4.79 Å². The number of carbonyl (C=O) groups excluding carboxylic acids is 1. The summed E-state index contributed by atoms with van der Waals surface area (Å²) in [6.07, 6.45) is 1.38. The molecule has 0 N–H and O–H groups in total. The van der Waals surface area contributed by atoms with Crippen LogP contribution in [0, 0.1) is 0 Å². The number of carbonyl (C=O) groups is 1. The monoisotopic (exact) mass is 223 g/mol. The Morgan fingerprint density at radius 2 is 2.38 bits per heavy atom. The lowest BCUT2D eigenvalue weighted by molar-refractivity contribution is -0.144. The van der Waals surface area contributed by atoms with E-state index in [9.17, 15) is 4.79 Å². The zero-order valence-electron chi connectivity index (χ0n) is 7.30. The number of alkyl halides is 2. The van der Waals surface area contributed by atoms with Gasteiger partial charge in [0.2, 0.25) is 0 Å². The summed E-state index contributed by atoms with van der Waals surface area (Å²) in [4.78, 5) is 12.8. The standard InChI is InChI=1S/C8H11Cl2NO2/c1-8-3-2-4-11(8)6(5(9)10)13-7(8)12/h5-6H,2-4H2,1H3/t6?,8-/m0/s1. The zero-order chi connectivity index (χ0) is 9.64. The molecule has 2 atom stereocenters. The van der Waals surface area contributed by atoms with E-state index < -0.39 is 16.6 Å². The van der Waals surface area contributed by atoms with Crippen LogP contribution in [0.4, 0.5) is 0 Å². The predicted octanol–water partition coefficient (Wildman–Crippen LogP) is 1.53. The van der Waals surface area contributed by atoms with Crippen molar-refractivity contribution in [2.75, 3.05) is 6.54 Å². The summed E-state index contributed by atoms with van der Waals surface area (Å²) >= 11 is 11.4. The molecule has 0 aromatic rings. The van der Waals surface area contributed by atoms with Crippen molar-refractivity contribution in [3.63, 3.8) is 0 Å². The minimum Gasteiger partial charge on any atom is -0.442 e. The summed E-state index contributed by atoms with van der Waals surface area (Å²) in [5.41, 5.74) is -0.479. The topological polar surface area (TPSA) is 29.5 Å². The maximum Gasteiger partial charge on any atom is 0.328 e. The minimum atomic E-state index is -0.663. The van der Waals surface area contributed by atoms with Gasteiger partial charge in [0.15, 0.2) is 11.1 Å². The summed E-state index contributed by atoms with van der Waals surface area (Å²) < 4.78 is 5.12. The molecule has 0 spiro atoms. The molecule has 74 valence electrons. The molecular weight excluding hydrogens is 213 g/mol. The molecular formula is C8H11Cl2NO2. The van der Waals surface area contributed by atoms with Gasteiger partial charge in [0.05, 0.1) is 0 Å². The number of ether oxygens (including phenoxy) is 1. The van der Waals surface area contributed by atoms with Crippen LogP contribution in [0.5, 0.6) is 0 Å². The van der Waals surface area contributed by atoms with Gasteiger partial charge < -0.3 is 4.74 Å². The van der Waals surface area contributed by atoms with Gasteiger partial charge >= 0.3 is 5.97 Å². The molecule has 2 rings (SSSR count). The Morgan fingerprint density at radius 3 is 3.00 bits per heavy atom. The molecule has 2 aliphatic rings. The molecule has 13 heavy (non-hydrogen) atoms. The average molecular weight is 224 g/mol. The number of hydrogen-bond donors (Lipinski definition) is 0. The molecule has 0 radical (unpaired) electrons. The SMILES string of the molecule is C[C@@]12CCCN1C(C(Cl)Cl)OC2=O. The van der Waals surface area contributed by atoms with Crippen LogP contribution in [0.3, 0.4) is 0 Å². The lowest BCUT2D eigenvalue weighted by Crippen LogP contribution is -2.44. The Morgan fingerprint density at radius 1 is 1.69 bits per heavy atom. The fraction of sp³-hybridized carbons (Fsp3) is 0.875. The molecule has 0 saturated carbocycles. The Kier molecular flexibility index (Phi) is 2.21. The molecule has 5 heteroatoms. The first-order valence-corrected chi connectivity index (χ1v) is 5.19. The predicted molar refractivity (Wildman–Crippen MR) is 49.7 cm³/mol. The minimum absolute atomic E-state index is 0.193. The van der Waals surface area contributed by atoms with Gasteiger partial charge in [-0.2, -0.15) is 0 Å². The molecule has 1 unspecified atom stereocenters. The van der Waals surface area contributed by atoms with Crippen LogP contribution in [0.1, 0.15) is 19.8 Å². The van der Waals surface area contributed by atoms with Crippen molar-refractivity contribution < 1.29 is 9.53 Å². The number of halogens is 2. The molecule has 0 bridgehead atoms. The van der Waals surface area contributed by atoms with Crippen LogP contribution >= 0.6 is 23.2 Å². The molecule has 2 saturated heterocycles. The van der Waals surface area contributed by atoms with E-state index in [4.69, 9.17) is 27.9 Å². The number of rotatable bonds is 1. The van der Waals surface area contributed by atoms with E-state index in [2.05, 4.69) is 0 Å². The maximum absolute atomic E-state index is 11.5. The highest BCUT2D eigenvalue weighted by Gasteiger charge is 2.56. The van der Waals surface area contributed by atoms with Gasteiger partial charge in [-0.05, 0) is 19.8 Å². The number of nitrogens with zero attached hydrogens (tertiary/aromatic N) is 1. The number of cyclic esters (lactones) is 1. The van der Waals surface area contributed by atoms with Crippen LogP contribution < -0.4 is 0 Å². The Bertz CT molecular complexity index is 246. The van der Waals surface area contributed by atoms with Crippen LogP contribution in [0.25, 0.3) is 0 Å². The Hall–Kier alpha value is 0.01000. The molecule has 0 aromatic carbocycles. The smallest absolute Gasteiger partial charge is 0.328 e. The van der Waals surface area contributed by atoms with E-state index in [1.807, 2.05) is 11.8 Å². The fourth-order valence-electron chi connectivity index (χ4n) is 2.10. The van der Waals surface area contributed by atoms with Gasteiger partial charge in [-0.3, -0.25) is 4.90 Å². The molecule has 2 fully saturated rings. The molecule has 0 aromatic heterocycles. The first-order valence-electron chi connectivity index (χ1n) is 4.32. The van der Waals surface area contributed by atoms with Crippen molar-refractivity contribution in [1.82, 2.24) is 4.90 Å². The van der Waals surface area contributed by atoms with E-state index in [0.717, 1.165) is 19.4 Å². The van der Waals surface area contributed by atoms with Gasteiger partial charge in [0.25, 0.3) is 0 Å². The first kappa shape index (κ1) is 9.56. The number of esters is 1. The van der Waals surface area contributed by atoms with Gasteiger partial charge in [-0.15, -0.1) is 0 Å². The normalized spacial score (nSPS) is 39.7. The second-order valence-corrected chi connectivity index (χ2v) is 4.86. The quantitative estimate of drug-likeness (QED) is 0.499. The molecule has 2 aliphatic heterocycles. The fourth-order valence-corrected chi connectivity index (χ4v) is 2.47. The van der Waals surface area contributed by atoms with Gasteiger partial charge in [0.1, 0.15) is 5.54 Å². The van der Waals surface area contributed by atoms with Crippen molar-refractivity contribution in [2.24, 2.45) is 0 Å². The zero-order valence-corrected chi connectivity index (χ0v) is 8.81. The summed E-state index contributed by atoms with van der Waals surface area (Å²) in [7, 11) is 0. The van der Waals surface area contributed by atoms with Crippen LogP contribution in [-0.2, 0) is 9.53 Å². The number of hydrogen-bond acceptors (Lipinski definition) is 3. The van der Waals surface area contributed by atoms with Crippen molar-refractivity contribution >= 4 is 29.2 Å². The highest BCUT2D eigenvalue weighted by molar-refractivity contribution is 6.44. The summed E-state index contributed by atoms with van der Waals surface area (Å²) in [6, 6.07) is 0. The van der Waals surface area contributed by atoms with E-state index >= 15 is 0 Å². The largest absolute Gasteiger partial charge is 0.442 e. The van der Waals surface area contributed by atoms with Crippen LogP contribution in [-0.4, -0.2) is 34.0 Å². The molecule has 3 nitrogen and oxygen atoms in total. The Labute approximate surface area is 86.9 Å². The second kappa shape index (κ2) is 3.01. The van der Waals surface area contributed by atoms with Crippen molar-refractivity contribution in [2.45, 2.75) is 36.4 Å². The Balaban J connectivity index is 2.26. The average Bonchev–Trinajstić information content (AvgIpc) is 2.51. The lowest BCUT2D eigenvalue weighted by Gasteiger charge is -2.25. The third kappa shape index (κ3) is 1.25. The van der Waals surface area contributed by atoms with E-state index in [1.54, 1.807) is 0 Å². The maximum atomic E-state index is 11.5. The molecule has 0 aliphatic carbocycles. The summed E-state index contributed by atoms with van der Waals surface area (Å²) in [5.74, 6) is -0.193. The van der Waals surface area contributed by atoms with E-state index in [1.165, 1.54) is 0 Å². The van der Waals surface area contributed by atoms with E-state index in [-0.39, 0.29) is 5.97 Å². The van der Waals surface area contributed by atoms with Crippen molar-refractivity contribution in [3.05, 3.63) is 0 Å². The third-order valence-electron chi connectivity index (χ3n) is 2.89. The van der Waals surface area contributed by atoms with E-state index in [0.29, 0.717) is 0 Å².